The molecular weight excluding hydrogens is 544 g/mol. The van der Waals surface area contributed by atoms with Crippen molar-refractivity contribution in [1.82, 2.24) is 29.6 Å². The number of carbonyl (C=O) groups is 1. The summed E-state index contributed by atoms with van der Waals surface area (Å²) in [4.78, 5) is 27.5. The number of nitrogens with zero attached hydrogens (tertiary/aromatic N) is 6. The van der Waals surface area contributed by atoms with Crippen molar-refractivity contribution in [2.24, 2.45) is 7.05 Å². The van der Waals surface area contributed by atoms with Gasteiger partial charge in [-0.2, -0.15) is 5.10 Å². The molecule has 1 unspecified atom stereocenters. The smallest absolute Gasteiger partial charge is 0.410 e. The van der Waals surface area contributed by atoms with Crippen LogP contribution in [0.25, 0.3) is 22.6 Å². The lowest BCUT2D eigenvalue weighted by Gasteiger charge is -2.41. The van der Waals surface area contributed by atoms with Gasteiger partial charge in [-0.1, -0.05) is 11.6 Å². The minimum absolute atomic E-state index is 0.0816. The van der Waals surface area contributed by atoms with Crippen molar-refractivity contribution in [3.63, 3.8) is 0 Å². The van der Waals surface area contributed by atoms with E-state index in [0.29, 0.717) is 17.0 Å². The van der Waals surface area contributed by atoms with Gasteiger partial charge in [-0.25, -0.2) is 23.5 Å². The molecule has 0 aliphatic carbocycles. The SMILES string of the molecule is Cc1nn(C)cc1-c1nc2ncc(Cl)c(Oc3cc(F)c(N4CCN(C(=O)OC(C)(C)C)CC4C)c(F)c3)c2[nH]1. The van der Waals surface area contributed by atoms with Crippen LogP contribution in [-0.4, -0.2) is 67.0 Å². The van der Waals surface area contributed by atoms with E-state index in [1.54, 1.807) is 49.2 Å². The molecule has 1 aromatic carbocycles. The summed E-state index contributed by atoms with van der Waals surface area (Å²) in [6, 6.07) is 1.86. The van der Waals surface area contributed by atoms with Gasteiger partial charge in [0.2, 0.25) is 0 Å². The summed E-state index contributed by atoms with van der Waals surface area (Å²) >= 11 is 6.38. The van der Waals surface area contributed by atoms with Gasteiger partial charge in [0.05, 0.1) is 17.5 Å². The van der Waals surface area contributed by atoms with Crippen LogP contribution in [0.15, 0.2) is 24.5 Å². The van der Waals surface area contributed by atoms with Crippen molar-refractivity contribution < 1.29 is 23.0 Å². The molecule has 5 rings (SSSR count). The molecule has 1 atom stereocenters. The van der Waals surface area contributed by atoms with Gasteiger partial charge < -0.3 is 24.3 Å². The number of fused-ring (bicyclic) bond motifs is 1. The number of aromatic nitrogens is 5. The lowest BCUT2D eigenvalue weighted by Crippen LogP contribution is -2.55. The standard InChI is InChI=1S/C27H30ClF2N7O3/c1-14-12-36(26(38)40-27(3,4)5)7-8-37(14)22-19(29)9-16(10-20(22)30)39-23-18(28)11-31-25-21(23)32-24(33-25)17-13-35(6)34-15(17)2/h9-11,13-14H,7-8,12H2,1-6H3,(H,31,32,33). The maximum atomic E-state index is 15.4. The molecule has 0 saturated carbocycles. The van der Waals surface area contributed by atoms with E-state index in [4.69, 9.17) is 21.1 Å². The predicted molar refractivity (Wildman–Crippen MR) is 147 cm³/mol. The van der Waals surface area contributed by atoms with Gasteiger partial charge in [0.15, 0.2) is 23.0 Å². The molecule has 40 heavy (non-hydrogen) atoms. The van der Waals surface area contributed by atoms with Crippen LogP contribution in [0.1, 0.15) is 33.4 Å². The number of hydrogen-bond donors (Lipinski definition) is 1. The van der Waals surface area contributed by atoms with Crippen molar-refractivity contribution in [2.45, 2.75) is 46.3 Å². The van der Waals surface area contributed by atoms with E-state index in [0.717, 1.165) is 23.4 Å². The molecule has 1 aliphatic heterocycles. The Morgan fingerprint density at radius 3 is 2.50 bits per heavy atom. The Bertz CT molecular complexity index is 1570. The molecule has 4 aromatic rings. The van der Waals surface area contributed by atoms with Gasteiger partial charge >= 0.3 is 6.09 Å². The Kier molecular flexibility index (Phi) is 7.07. The lowest BCUT2D eigenvalue weighted by atomic mass is 10.1. The molecule has 1 aliphatic rings. The summed E-state index contributed by atoms with van der Waals surface area (Å²) < 4.78 is 43.8. The highest BCUT2D eigenvalue weighted by atomic mass is 35.5. The van der Waals surface area contributed by atoms with Crippen molar-refractivity contribution in [3.8, 4) is 22.9 Å². The fraction of sp³-hybridized carbons (Fsp3) is 0.407. The highest BCUT2D eigenvalue weighted by Crippen LogP contribution is 2.38. The number of aromatic amines is 1. The fourth-order valence-corrected chi connectivity index (χ4v) is 4.93. The lowest BCUT2D eigenvalue weighted by molar-refractivity contribution is 0.0218. The summed E-state index contributed by atoms with van der Waals surface area (Å²) in [6.07, 6.45) is 2.73. The molecular formula is C27H30ClF2N7O3. The minimum Gasteiger partial charge on any atom is -0.453 e. The number of nitrogens with one attached hydrogen (secondary N) is 1. The van der Waals surface area contributed by atoms with Crippen molar-refractivity contribution in [3.05, 3.63) is 46.9 Å². The number of pyridine rings is 1. The molecule has 1 fully saturated rings. The number of benzene rings is 1. The number of aryl methyl sites for hydroxylation is 2. The summed E-state index contributed by atoms with van der Waals surface area (Å²) in [5, 5.41) is 4.47. The molecule has 0 bridgehead atoms. The van der Waals surface area contributed by atoms with E-state index < -0.39 is 23.3 Å². The summed E-state index contributed by atoms with van der Waals surface area (Å²) in [5.41, 5.74) is 1.41. The van der Waals surface area contributed by atoms with Gasteiger partial charge in [-0.05, 0) is 34.6 Å². The van der Waals surface area contributed by atoms with Crippen LogP contribution in [0, 0.1) is 18.6 Å². The normalized spacial score (nSPS) is 16.1. The molecule has 0 spiro atoms. The van der Waals surface area contributed by atoms with Crippen molar-refractivity contribution >= 4 is 34.5 Å². The van der Waals surface area contributed by atoms with Crippen LogP contribution in [0.2, 0.25) is 5.02 Å². The number of carbonyl (C=O) groups excluding carboxylic acids is 1. The van der Waals surface area contributed by atoms with Gasteiger partial charge in [0.1, 0.15) is 33.4 Å². The fourth-order valence-electron chi connectivity index (χ4n) is 4.75. The Morgan fingerprint density at radius 1 is 1.20 bits per heavy atom. The Labute approximate surface area is 234 Å². The zero-order chi connectivity index (χ0) is 28.9. The summed E-state index contributed by atoms with van der Waals surface area (Å²) in [6.45, 7) is 9.77. The van der Waals surface area contributed by atoms with Crippen LogP contribution in [-0.2, 0) is 11.8 Å². The van der Waals surface area contributed by atoms with Crippen molar-refractivity contribution in [2.75, 3.05) is 24.5 Å². The summed E-state index contributed by atoms with van der Waals surface area (Å²) in [5.74, 6) is -1.04. The van der Waals surface area contributed by atoms with Crippen molar-refractivity contribution in [1.29, 1.82) is 0 Å². The first-order chi connectivity index (χ1) is 18.8. The second kappa shape index (κ2) is 10.2. The largest absolute Gasteiger partial charge is 0.453 e. The quantitative estimate of drug-likeness (QED) is 0.327. The van der Waals surface area contributed by atoms with E-state index >= 15 is 8.78 Å². The molecule has 1 saturated heterocycles. The Morgan fingerprint density at radius 2 is 1.90 bits per heavy atom. The first kappa shape index (κ1) is 27.6. The van der Waals surface area contributed by atoms with E-state index in [2.05, 4.69) is 20.1 Å². The second-order valence-corrected chi connectivity index (χ2v) is 11.2. The topological polar surface area (TPSA) is 101 Å². The molecule has 10 nitrogen and oxygen atoms in total. The van der Waals surface area contributed by atoms with E-state index in [-0.39, 0.29) is 47.9 Å². The van der Waals surface area contributed by atoms with Gasteiger partial charge in [-0.3, -0.25) is 4.68 Å². The van der Waals surface area contributed by atoms with E-state index in [9.17, 15) is 4.79 Å². The van der Waals surface area contributed by atoms with Crippen LogP contribution in [0.4, 0.5) is 19.3 Å². The van der Waals surface area contributed by atoms with Crippen LogP contribution in [0.3, 0.4) is 0 Å². The molecule has 4 heterocycles. The molecule has 212 valence electrons. The zero-order valence-electron chi connectivity index (χ0n) is 23.0. The number of anilines is 1. The van der Waals surface area contributed by atoms with Gasteiger partial charge in [0.25, 0.3) is 0 Å². The Balaban J connectivity index is 1.39. The molecule has 1 amide bonds. The zero-order valence-corrected chi connectivity index (χ0v) is 23.8. The van der Waals surface area contributed by atoms with Gasteiger partial charge in [0, 0.05) is 51.1 Å². The highest BCUT2D eigenvalue weighted by Gasteiger charge is 2.32. The monoisotopic (exact) mass is 573 g/mol. The molecule has 0 radical (unpaired) electrons. The van der Waals surface area contributed by atoms with Crippen LogP contribution in [0.5, 0.6) is 11.5 Å². The summed E-state index contributed by atoms with van der Waals surface area (Å²) in [7, 11) is 1.80. The predicted octanol–water partition coefficient (Wildman–Crippen LogP) is 5.84. The molecule has 3 aromatic heterocycles. The number of ether oxygens (including phenoxy) is 2. The third-order valence-corrected chi connectivity index (χ3v) is 6.74. The van der Waals surface area contributed by atoms with Gasteiger partial charge in [-0.15, -0.1) is 0 Å². The van der Waals surface area contributed by atoms with E-state index in [1.165, 1.54) is 6.20 Å². The Hall–Kier alpha value is -3.93. The third-order valence-electron chi connectivity index (χ3n) is 6.47. The third kappa shape index (κ3) is 5.40. The first-order valence-electron chi connectivity index (χ1n) is 12.8. The molecule has 13 heteroatoms. The number of imidazole rings is 1. The number of hydrogen-bond acceptors (Lipinski definition) is 7. The molecule has 1 N–H and O–H groups in total. The average molecular weight is 574 g/mol. The number of halogens is 3. The number of rotatable bonds is 4. The number of H-pyrrole nitrogens is 1. The average Bonchev–Trinajstić information content (AvgIpc) is 3.42. The highest BCUT2D eigenvalue weighted by molar-refractivity contribution is 6.32. The number of amides is 1. The maximum Gasteiger partial charge on any atom is 0.410 e. The van der Waals surface area contributed by atoms with Crippen LogP contribution < -0.4 is 9.64 Å². The van der Waals surface area contributed by atoms with E-state index in [1.807, 2.05) is 13.1 Å². The maximum absolute atomic E-state index is 15.4. The van der Waals surface area contributed by atoms with Crippen LogP contribution >= 0.6 is 11.6 Å². The first-order valence-corrected chi connectivity index (χ1v) is 13.1. The second-order valence-electron chi connectivity index (χ2n) is 10.8. The minimum atomic E-state index is -0.801. The number of piperazine rings is 1.